The number of nitrogens with zero attached hydrogens (tertiary/aromatic N) is 1. The number of hydrogen-bond donors (Lipinski definition) is 2. The van der Waals surface area contributed by atoms with Crippen molar-refractivity contribution in [2.75, 3.05) is 43.2 Å². The molecule has 3 aromatic carbocycles. The second-order valence-corrected chi connectivity index (χ2v) is 11.4. The van der Waals surface area contributed by atoms with Gasteiger partial charge in [-0.2, -0.15) is 0 Å². The first kappa shape index (κ1) is 30.8. The first-order chi connectivity index (χ1) is 19.0. The molecule has 11 heteroatoms. The van der Waals surface area contributed by atoms with Crippen molar-refractivity contribution in [2.45, 2.75) is 26.2 Å². The lowest BCUT2D eigenvalue weighted by Crippen LogP contribution is -2.32. The van der Waals surface area contributed by atoms with Crippen LogP contribution in [0.5, 0.6) is 11.5 Å². The number of benzene rings is 3. The molecule has 0 fully saturated rings. The van der Waals surface area contributed by atoms with E-state index in [0.29, 0.717) is 52.0 Å². The quantitative estimate of drug-likeness (QED) is 0.296. The fourth-order valence-electron chi connectivity index (χ4n) is 4.17. The number of halogens is 1. The Bertz CT molecular complexity index is 1460. The van der Waals surface area contributed by atoms with Gasteiger partial charge >= 0.3 is 0 Å². The van der Waals surface area contributed by atoms with Gasteiger partial charge in [-0.05, 0) is 67.3 Å². The summed E-state index contributed by atoms with van der Waals surface area (Å²) >= 11 is 6.18. The van der Waals surface area contributed by atoms with Gasteiger partial charge in [-0.15, -0.1) is 0 Å². The van der Waals surface area contributed by atoms with E-state index in [2.05, 4.69) is 10.6 Å². The van der Waals surface area contributed by atoms with Crippen LogP contribution in [0.25, 0.3) is 0 Å². The highest BCUT2D eigenvalue weighted by Crippen LogP contribution is 2.29. The Morgan fingerprint density at radius 1 is 0.975 bits per heavy atom. The maximum absolute atomic E-state index is 12.9. The molecule has 0 aliphatic carbocycles. The van der Waals surface area contributed by atoms with Gasteiger partial charge in [0, 0.05) is 24.5 Å². The Balaban J connectivity index is 1.58. The lowest BCUT2D eigenvalue weighted by Gasteiger charge is -2.24. The number of rotatable bonds is 13. The van der Waals surface area contributed by atoms with Crippen molar-refractivity contribution >= 4 is 44.8 Å². The summed E-state index contributed by atoms with van der Waals surface area (Å²) in [6.07, 6.45) is 2.02. The van der Waals surface area contributed by atoms with E-state index in [4.69, 9.17) is 21.1 Å². The number of nitrogens with one attached hydrogen (secondary N) is 2. The SMILES string of the molecule is COc1ccc(CCNC(=O)c2ccccc2NC(=O)CCCN(c2cccc(Cl)c2C)S(C)(=O)=O)cc1OC. The van der Waals surface area contributed by atoms with Gasteiger partial charge in [-0.1, -0.05) is 35.9 Å². The second-order valence-electron chi connectivity index (χ2n) is 9.11. The minimum Gasteiger partial charge on any atom is -0.493 e. The minimum atomic E-state index is -3.59. The fourth-order valence-corrected chi connectivity index (χ4v) is 5.35. The van der Waals surface area contributed by atoms with Crippen molar-refractivity contribution in [2.24, 2.45) is 0 Å². The summed E-state index contributed by atoms with van der Waals surface area (Å²) in [7, 11) is -0.456. The van der Waals surface area contributed by atoms with Crippen LogP contribution in [0.1, 0.15) is 34.3 Å². The zero-order valence-electron chi connectivity index (χ0n) is 23.0. The summed E-state index contributed by atoms with van der Waals surface area (Å²) in [4.78, 5) is 25.6. The molecule has 3 aromatic rings. The third-order valence-corrected chi connectivity index (χ3v) is 7.86. The summed E-state index contributed by atoms with van der Waals surface area (Å²) in [5.74, 6) is 0.586. The largest absolute Gasteiger partial charge is 0.493 e. The van der Waals surface area contributed by atoms with Crippen LogP contribution < -0.4 is 24.4 Å². The molecule has 0 aromatic heterocycles. The minimum absolute atomic E-state index is 0.0564. The Kier molecular flexibility index (Phi) is 10.8. The number of carbonyl (C=O) groups is 2. The number of hydrogen-bond acceptors (Lipinski definition) is 6. The number of amides is 2. The van der Waals surface area contributed by atoms with E-state index in [0.717, 1.165) is 11.8 Å². The van der Waals surface area contributed by atoms with Crippen LogP contribution >= 0.6 is 11.6 Å². The Morgan fingerprint density at radius 3 is 2.40 bits per heavy atom. The molecule has 0 atom stereocenters. The van der Waals surface area contributed by atoms with Gasteiger partial charge in [-0.3, -0.25) is 13.9 Å². The molecule has 0 aliphatic heterocycles. The monoisotopic (exact) mass is 587 g/mol. The maximum Gasteiger partial charge on any atom is 0.253 e. The molecule has 9 nitrogen and oxygen atoms in total. The number of anilines is 2. The average Bonchev–Trinajstić information content (AvgIpc) is 2.92. The van der Waals surface area contributed by atoms with Crippen LogP contribution in [0.3, 0.4) is 0 Å². The van der Waals surface area contributed by atoms with Crippen molar-refractivity contribution < 1.29 is 27.5 Å². The van der Waals surface area contributed by atoms with Gasteiger partial charge in [0.2, 0.25) is 15.9 Å². The van der Waals surface area contributed by atoms with Gasteiger partial charge in [0.15, 0.2) is 11.5 Å². The molecular formula is C29H34ClN3O6S. The molecular weight excluding hydrogens is 554 g/mol. The van der Waals surface area contributed by atoms with Crippen molar-refractivity contribution in [1.29, 1.82) is 0 Å². The molecule has 214 valence electrons. The lowest BCUT2D eigenvalue weighted by molar-refractivity contribution is -0.116. The second kappa shape index (κ2) is 14.0. The van der Waals surface area contributed by atoms with Crippen molar-refractivity contribution in [3.05, 3.63) is 82.4 Å². The summed E-state index contributed by atoms with van der Waals surface area (Å²) in [5, 5.41) is 6.12. The summed E-state index contributed by atoms with van der Waals surface area (Å²) in [5.41, 5.74) is 2.79. The first-order valence-electron chi connectivity index (χ1n) is 12.7. The van der Waals surface area contributed by atoms with Crippen molar-refractivity contribution in [3.63, 3.8) is 0 Å². The van der Waals surface area contributed by atoms with E-state index >= 15 is 0 Å². The molecule has 0 radical (unpaired) electrons. The molecule has 3 rings (SSSR count). The topological polar surface area (TPSA) is 114 Å². The van der Waals surface area contributed by atoms with Gasteiger partial charge in [0.25, 0.3) is 5.91 Å². The molecule has 0 heterocycles. The number of carbonyl (C=O) groups excluding carboxylic acids is 2. The molecule has 2 amide bonds. The molecule has 0 saturated carbocycles. The van der Waals surface area contributed by atoms with Gasteiger partial charge in [0.05, 0.1) is 37.4 Å². The van der Waals surface area contributed by atoms with Gasteiger partial charge < -0.3 is 20.1 Å². The lowest BCUT2D eigenvalue weighted by atomic mass is 10.1. The highest BCUT2D eigenvalue weighted by atomic mass is 35.5. The van der Waals surface area contributed by atoms with E-state index in [9.17, 15) is 18.0 Å². The highest BCUT2D eigenvalue weighted by molar-refractivity contribution is 7.92. The molecule has 2 N–H and O–H groups in total. The van der Waals surface area contributed by atoms with Crippen molar-refractivity contribution in [1.82, 2.24) is 5.32 Å². The molecule has 0 saturated heterocycles. The van der Waals surface area contributed by atoms with Crippen molar-refractivity contribution in [3.8, 4) is 11.5 Å². The Hall–Kier alpha value is -3.76. The predicted molar refractivity (Wildman–Crippen MR) is 158 cm³/mol. The van der Waals surface area contributed by atoms with E-state index < -0.39 is 10.0 Å². The van der Waals surface area contributed by atoms with Crippen LogP contribution in [0.15, 0.2) is 60.7 Å². The Morgan fingerprint density at radius 2 is 1.70 bits per heavy atom. The van der Waals surface area contributed by atoms with E-state index in [1.807, 2.05) is 18.2 Å². The Labute approximate surface area is 240 Å². The van der Waals surface area contributed by atoms with E-state index in [1.165, 1.54) is 4.31 Å². The number of methoxy groups -OCH3 is 2. The van der Waals surface area contributed by atoms with E-state index in [1.54, 1.807) is 63.6 Å². The maximum atomic E-state index is 12.9. The van der Waals surface area contributed by atoms with Crippen LogP contribution in [0.4, 0.5) is 11.4 Å². The predicted octanol–water partition coefficient (Wildman–Crippen LogP) is 4.82. The highest BCUT2D eigenvalue weighted by Gasteiger charge is 2.21. The van der Waals surface area contributed by atoms with E-state index in [-0.39, 0.29) is 31.2 Å². The van der Waals surface area contributed by atoms with Crippen LogP contribution in [-0.2, 0) is 21.2 Å². The zero-order chi connectivity index (χ0) is 29.3. The van der Waals surface area contributed by atoms with Gasteiger partial charge in [0.1, 0.15) is 0 Å². The molecule has 0 bridgehead atoms. The van der Waals surface area contributed by atoms with Crippen LogP contribution in [0, 0.1) is 6.92 Å². The van der Waals surface area contributed by atoms with Crippen LogP contribution in [-0.4, -0.2) is 53.8 Å². The third-order valence-electron chi connectivity index (χ3n) is 6.27. The average molecular weight is 588 g/mol. The number of sulfonamides is 1. The number of para-hydroxylation sites is 1. The normalized spacial score (nSPS) is 11.0. The summed E-state index contributed by atoms with van der Waals surface area (Å²) in [6.45, 7) is 2.23. The number of ether oxygens (including phenoxy) is 2. The molecule has 0 unspecified atom stereocenters. The van der Waals surface area contributed by atoms with Crippen LogP contribution in [0.2, 0.25) is 5.02 Å². The smallest absolute Gasteiger partial charge is 0.253 e. The summed E-state index contributed by atoms with van der Waals surface area (Å²) in [6, 6.07) is 17.4. The molecule has 0 aliphatic rings. The third kappa shape index (κ3) is 8.12. The first-order valence-corrected chi connectivity index (χ1v) is 14.9. The molecule has 0 spiro atoms. The summed E-state index contributed by atoms with van der Waals surface area (Å²) < 4.78 is 36.7. The zero-order valence-corrected chi connectivity index (χ0v) is 24.6. The fraction of sp³-hybridized carbons (Fsp3) is 0.310. The standard InChI is InChI=1S/C29H34ClN3O6S/c1-20-23(30)10-7-12-25(20)33(40(4,36)37)18-8-13-28(34)32-24-11-6-5-9-22(24)29(35)31-17-16-21-14-15-26(38-2)27(19-21)39-3/h5-7,9-12,14-15,19H,8,13,16-18H2,1-4H3,(H,31,35)(H,32,34). The molecule has 40 heavy (non-hydrogen) atoms. The van der Waals surface area contributed by atoms with Gasteiger partial charge in [-0.25, -0.2) is 8.42 Å².